The van der Waals surface area contributed by atoms with Crippen molar-refractivity contribution in [2.45, 2.75) is 19.9 Å². The van der Waals surface area contributed by atoms with Gasteiger partial charge in [0.2, 0.25) is 0 Å². The van der Waals surface area contributed by atoms with Crippen molar-refractivity contribution in [2.24, 2.45) is 0 Å². The fourth-order valence-corrected chi connectivity index (χ4v) is 1.68. The molecule has 0 aliphatic rings. The molecule has 14 heavy (non-hydrogen) atoms. The molecule has 0 unspecified atom stereocenters. The Labute approximate surface area is 83.9 Å². The van der Waals surface area contributed by atoms with Crippen LogP contribution in [0.2, 0.25) is 0 Å². The third-order valence-corrected chi connectivity index (χ3v) is 2.49. The summed E-state index contributed by atoms with van der Waals surface area (Å²) in [7, 11) is 1.95. The average molecular weight is 189 g/mol. The molecule has 0 fully saturated rings. The first-order chi connectivity index (χ1) is 6.85. The molecule has 2 aromatic rings. The zero-order valence-corrected chi connectivity index (χ0v) is 8.63. The Bertz CT molecular complexity index is 431. The van der Waals surface area contributed by atoms with Crippen molar-refractivity contribution in [3.05, 3.63) is 35.6 Å². The minimum atomic E-state index is 0.861. The van der Waals surface area contributed by atoms with Crippen LogP contribution < -0.4 is 5.32 Å². The summed E-state index contributed by atoms with van der Waals surface area (Å²) in [5, 5.41) is 4.37. The quantitative estimate of drug-likeness (QED) is 0.803. The maximum Gasteiger partial charge on any atom is 0.134 e. The number of aryl methyl sites for hydroxylation is 1. The molecule has 1 heterocycles. The fraction of sp³-hybridized carbons (Fsp3) is 0.333. The highest BCUT2D eigenvalue weighted by Crippen LogP contribution is 2.22. The third-order valence-electron chi connectivity index (χ3n) is 2.49. The molecule has 0 radical (unpaired) electrons. The van der Waals surface area contributed by atoms with Gasteiger partial charge in [0.25, 0.3) is 0 Å². The van der Waals surface area contributed by atoms with Crippen molar-refractivity contribution in [3.63, 3.8) is 0 Å². The van der Waals surface area contributed by atoms with Crippen molar-refractivity contribution in [3.8, 4) is 0 Å². The maximum absolute atomic E-state index is 5.46. The van der Waals surface area contributed by atoms with E-state index in [1.54, 1.807) is 0 Å². The normalized spacial score (nSPS) is 11.0. The Kier molecular flexibility index (Phi) is 2.55. The van der Waals surface area contributed by atoms with E-state index in [4.69, 9.17) is 4.42 Å². The number of nitrogens with one attached hydrogen (secondary N) is 1. The summed E-state index contributed by atoms with van der Waals surface area (Å²) in [6.07, 6.45) is 2.90. The van der Waals surface area contributed by atoms with Crippen molar-refractivity contribution in [2.75, 3.05) is 7.05 Å². The van der Waals surface area contributed by atoms with Crippen LogP contribution in [-0.2, 0) is 13.0 Å². The van der Waals surface area contributed by atoms with E-state index in [2.05, 4.69) is 24.4 Å². The van der Waals surface area contributed by atoms with Crippen LogP contribution in [0.5, 0.6) is 0 Å². The molecular weight excluding hydrogens is 174 g/mol. The Morgan fingerprint density at radius 2 is 2.21 bits per heavy atom. The molecule has 0 bridgehead atoms. The maximum atomic E-state index is 5.46. The summed E-state index contributed by atoms with van der Waals surface area (Å²) in [4.78, 5) is 0. The zero-order chi connectivity index (χ0) is 9.97. The van der Waals surface area contributed by atoms with Crippen LogP contribution in [0.25, 0.3) is 11.0 Å². The third kappa shape index (κ3) is 1.53. The molecule has 0 saturated carbocycles. The highest BCUT2D eigenvalue weighted by molar-refractivity contribution is 5.81. The Morgan fingerprint density at radius 1 is 1.36 bits per heavy atom. The van der Waals surface area contributed by atoms with E-state index in [9.17, 15) is 0 Å². The first kappa shape index (κ1) is 9.28. The summed E-state index contributed by atoms with van der Waals surface area (Å²) < 4.78 is 5.46. The van der Waals surface area contributed by atoms with Gasteiger partial charge < -0.3 is 9.73 Å². The van der Waals surface area contributed by atoms with Crippen molar-refractivity contribution in [1.82, 2.24) is 5.32 Å². The van der Waals surface area contributed by atoms with Gasteiger partial charge in [0.05, 0.1) is 6.26 Å². The van der Waals surface area contributed by atoms with Gasteiger partial charge in [-0.05, 0) is 31.2 Å². The van der Waals surface area contributed by atoms with Gasteiger partial charge in [-0.3, -0.25) is 0 Å². The van der Waals surface area contributed by atoms with Gasteiger partial charge in [-0.2, -0.15) is 0 Å². The number of rotatable bonds is 3. The summed E-state index contributed by atoms with van der Waals surface area (Å²) in [6.45, 7) is 3.03. The number of furan rings is 1. The Hall–Kier alpha value is -1.28. The second-order valence-corrected chi connectivity index (χ2v) is 3.48. The minimum absolute atomic E-state index is 0.861. The van der Waals surface area contributed by atoms with Crippen molar-refractivity contribution in [1.29, 1.82) is 0 Å². The molecule has 0 atom stereocenters. The van der Waals surface area contributed by atoms with Gasteiger partial charge in [0.1, 0.15) is 5.58 Å². The van der Waals surface area contributed by atoms with E-state index < -0.39 is 0 Å². The second-order valence-electron chi connectivity index (χ2n) is 3.48. The second kappa shape index (κ2) is 3.84. The standard InChI is InChI=1S/C12H15NO/c1-3-9-4-5-12-11(6-9)10(7-13-2)8-14-12/h4-6,8,13H,3,7H2,1-2H3. The van der Waals surface area contributed by atoms with E-state index in [-0.39, 0.29) is 0 Å². The van der Waals surface area contributed by atoms with E-state index in [0.29, 0.717) is 0 Å². The monoisotopic (exact) mass is 189 g/mol. The summed E-state index contributed by atoms with van der Waals surface area (Å²) >= 11 is 0. The topological polar surface area (TPSA) is 25.2 Å². The lowest BCUT2D eigenvalue weighted by atomic mass is 10.1. The molecule has 2 heteroatoms. The van der Waals surface area contributed by atoms with Gasteiger partial charge in [-0.1, -0.05) is 13.0 Å². The average Bonchev–Trinajstić information content (AvgIpc) is 2.61. The first-order valence-corrected chi connectivity index (χ1v) is 4.98. The predicted octanol–water partition coefficient (Wildman–Crippen LogP) is 2.71. The molecule has 1 aromatic carbocycles. The lowest BCUT2D eigenvalue weighted by Gasteiger charge is -1.98. The van der Waals surface area contributed by atoms with Crippen LogP contribution in [0.3, 0.4) is 0 Å². The van der Waals surface area contributed by atoms with Crippen LogP contribution in [0.15, 0.2) is 28.9 Å². The molecule has 2 rings (SSSR count). The molecule has 1 aromatic heterocycles. The molecule has 0 aliphatic carbocycles. The zero-order valence-electron chi connectivity index (χ0n) is 8.63. The molecular formula is C12H15NO. The Balaban J connectivity index is 2.52. The SMILES string of the molecule is CCc1ccc2occ(CNC)c2c1. The van der Waals surface area contributed by atoms with Crippen LogP contribution >= 0.6 is 0 Å². The number of hydrogen-bond acceptors (Lipinski definition) is 2. The van der Waals surface area contributed by atoms with E-state index in [1.807, 2.05) is 19.4 Å². The van der Waals surface area contributed by atoms with Gasteiger partial charge in [-0.15, -0.1) is 0 Å². The molecule has 0 saturated heterocycles. The molecule has 2 nitrogen and oxygen atoms in total. The van der Waals surface area contributed by atoms with E-state index >= 15 is 0 Å². The van der Waals surface area contributed by atoms with Crippen LogP contribution in [-0.4, -0.2) is 7.05 Å². The first-order valence-electron chi connectivity index (χ1n) is 4.98. The largest absolute Gasteiger partial charge is 0.464 e. The van der Waals surface area contributed by atoms with E-state index in [1.165, 1.54) is 16.5 Å². The molecule has 0 aliphatic heterocycles. The summed E-state index contributed by atoms with van der Waals surface area (Å²) in [5.74, 6) is 0. The highest BCUT2D eigenvalue weighted by atomic mass is 16.3. The molecule has 0 spiro atoms. The number of benzene rings is 1. The van der Waals surface area contributed by atoms with Crippen LogP contribution in [0, 0.1) is 0 Å². The molecule has 1 N–H and O–H groups in total. The molecule has 0 amide bonds. The number of fused-ring (bicyclic) bond motifs is 1. The van der Waals surface area contributed by atoms with Gasteiger partial charge >= 0.3 is 0 Å². The highest BCUT2D eigenvalue weighted by Gasteiger charge is 2.04. The van der Waals surface area contributed by atoms with E-state index in [0.717, 1.165) is 18.5 Å². The fourth-order valence-electron chi connectivity index (χ4n) is 1.68. The smallest absolute Gasteiger partial charge is 0.134 e. The minimum Gasteiger partial charge on any atom is -0.464 e. The van der Waals surface area contributed by atoms with Crippen molar-refractivity contribution < 1.29 is 4.42 Å². The van der Waals surface area contributed by atoms with Crippen LogP contribution in [0.1, 0.15) is 18.1 Å². The predicted molar refractivity (Wildman–Crippen MR) is 58.4 cm³/mol. The van der Waals surface area contributed by atoms with Gasteiger partial charge in [0, 0.05) is 17.5 Å². The lowest BCUT2D eigenvalue weighted by Crippen LogP contribution is -2.03. The lowest BCUT2D eigenvalue weighted by molar-refractivity contribution is 0.607. The molecule has 74 valence electrons. The number of hydrogen-bond donors (Lipinski definition) is 1. The summed E-state index contributed by atoms with van der Waals surface area (Å²) in [5.41, 5.74) is 3.57. The summed E-state index contributed by atoms with van der Waals surface area (Å²) in [6, 6.07) is 6.38. The van der Waals surface area contributed by atoms with Crippen molar-refractivity contribution >= 4 is 11.0 Å². The van der Waals surface area contributed by atoms with Gasteiger partial charge in [0.15, 0.2) is 0 Å². The Morgan fingerprint density at radius 3 is 2.93 bits per heavy atom. The van der Waals surface area contributed by atoms with Crippen LogP contribution in [0.4, 0.5) is 0 Å². The van der Waals surface area contributed by atoms with Gasteiger partial charge in [-0.25, -0.2) is 0 Å².